The summed E-state index contributed by atoms with van der Waals surface area (Å²) in [6.45, 7) is 2.40. The van der Waals surface area contributed by atoms with Crippen molar-refractivity contribution in [3.05, 3.63) is 0 Å². The van der Waals surface area contributed by atoms with E-state index in [1.807, 2.05) is 11.8 Å². The summed E-state index contributed by atoms with van der Waals surface area (Å²) < 4.78 is 4.90. The van der Waals surface area contributed by atoms with Crippen LogP contribution in [0.4, 0.5) is 0 Å². The summed E-state index contributed by atoms with van der Waals surface area (Å²) in [6, 6.07) is -0.235. The molecule has 1 saturated carbocycles. The van der Waals surface area contributed by atoms with Crippen LogP contribution in [0.3, 0.4) is 0 Å². The Hall–Kier alpha value is -0.260. The second kappa shape index (κ2) is 7.14. The number of carboxylic acid groups (broad SMARTS) is 1. The molecule has 3 atom stereocenters. The van der Waals surface area contributed by atoms with Crippen molar-refractivity contribution < 1.29 is 14.6 Å². The summed E-state index contributed by atoms with van der Waals surface area (Å²) in [5.74, 6) is 0.311. The minimum atomic E-state index is -0.826. The number of hydrogen-bond donors (Lipinski definition) is 2. The molecule has 0 radical (unpaired) electrons. The molecule has 3 unspecified atom stereocenters. The van der Waals surface area contributed by atoms with Gasteiger partial charge in [0, 0.05) is 18.4 Å². The van der Waals surface area contributed by atoms with E-state index in [0.717, 1.165) is 18.6 Å². The SMILES string of the molecule is CCSC1CCC(NC(COC)C(=O)O)C1. The lowest BCUT2D eigenvalue weighted by Gasteiger charge is -2.19. The number of rotatable bonds is 7. The maximum atomic E-state index is 10.9. The van der Waals surface area contributed by atoms with E-state index < -0.39 is 12.0 Å². The molecule has 0 bridgehead atoms. The summed E-state index contributed by atoms with van der Waals surface area (Å²) in [7, 11) is 1.53. The van der Waals surface area contributed by atoms with Crippen LogP contribution in [0.2, 0.25) is 0 Å². The Bertz CT molecular complexity index is 225. The molecule has 4 nitrogen and oxygen atoms in total. The van der Waals surface area contributed by atoms with Crippen LogP contribution in [0.25, 0.3) is 0 Å². The molecule has 0 aromatic heterocycles. The average Bonchev–Trinajstić information content (AvgIpc) is 2.65. The van der Waals surface area contributed by atoms with Crippen molar-refractivity contribution in [3.8, 4) is 0 Å². The van der Waals surface area contributed by atoms with Crippen LogP contribution in [0.15, 0.2) is 0 Å². The Balaban J connectivity index is 2.33. The third-order valence-electron chi connectivity index (χ3n) is 2.86. The molecular weight excluding hydrogens is 226 g/mol. The molecule has 0 spiro atoms. The molecule has 1 aliphatic rings. The van der Waals surface area contributed by atoms with Crippen molar-refractivity contribution in [1.29, 1.82) is 0 Å². The van der Waals surface area contributed by atoms with Crippen molar-refractivity contribution in [2.24, 2.45) is 0 Å². The molecule has 0 aliphatic heterocycles. The van der Waals surface area contributed by atoms with Gasteiger partial charge in [0.15, 0.2) is 0 Å². The highest BCUT2D eigenvalue weighted by Gasteiger charge is 2.28. The lowest BCUT2D eigenvalue weighted by molar-refractivity contribution is -0.141. The van der Waals surface area contributed by atoms with E-state index in [4.69, 9.17) is 9.84 Å². The number of hydrogen-bond acceptors (Lipinski definition) is 4. The average molecular weight is 247 g/mol. The number of thioether (sulfide) groups is 1. The molecule has 0 aromatic rings. The Labute approximate surface area is 101 Å². The third-order valence-corrected chi connectivity index (χ3v) is 4.09. The minimum Gasteiger partial charge on any atom is -0.480 e. The van der Waals surface area contributed by atoms with Gasteiger partial charge in [-0.2, -0.15) is 11.8 Å². The van der Waals surface area contributed by atoms with Gasteiger partial charge in [0.25, 0.3) is 0 Å². The minimum absolute atomic E-state index is 0.234. The molecule has 1 fully saturated rings. The van der Waals surface area contributed by atoms with Crippen molar-refractivity contribution in [2.75, 3.05) is 19.5 Å². The van der Waals surface area contributed by atoms with E-state index in [9.17, 15) is 4.79 Å². The molecular formula is C11H21NO3S. The zero-order chi connectivity index (χ0) is 12.0. The van der Waals surface area contributed by atoms with Gasteiger partial charge in [-0.05, 0) is 25.0 Å². The highest BCUT2D eigenvalue weighted by molar-refractivity contribution is 7.99. The Kier molecular flexibility index (Phi) is 6.16. The number of carbonyl (C=O) groups is 1. The number of aliphatic carboxylic acids is 1. The number of carboxylic acids is 1. The monoisotopic (exact) mass is 247 g/mol. The first-order chi connectivity index (χ1) is 7.67. The van der Waals surface area contributed by atoms with E-state index in [1.165, 1.54) is 13.5 Å². The van der Waals surface area contributed by atoms with Gasteiger partial charge < -0.3 is 9.84 Å². The molecule has 1 aliphatic carbocycles. The lowest BCUT2D eigenvalue weighted by atomic mass is 10.2. The predicted octanol–water partition coefficient (Wildman–Crippen LogP) is 1.35. The molecule has 0 amide bonds. The third kappa shape index (κ3) is 4.31. The Morgan fingerprint density at radius 3 is 2.94 bits per heavy atom. The number of nitrogens with one attached hydrogen (secondary N) is 1. The number of methoxy groups -OCH3 is 1. The summed E-state index contributed by atoms with van der Waals surface area (Å²) in [5.41, 5.74) is 0. The molecule has 0 saturated heterocycles. The number of ether oxygens (including phenoxy) is 1. The van der Waals surface area contributed by atoms with E-state index in [2.05, 4.69) is 12.2 Å². The zero-order valence-electron chi connectivity index (χ0n) is 9.94. The summed E-state index contributed by atoms with van der Waals surface area (Å²) in [6.07, 6.45) is 3.34. The normalized spacial score (nSPS) is 26.9. The topological polar surface area (TPSA) is 58.6 Å². The van der Waals surface area contributed by atoms with Gasteiger partial charge in [-0.1, -0.05) is 6.92 Å². The van der Waals surface area contributed by atoms with Crippen LogP contribution >= 0.6 is 11.8 Å². The first-order valence-corrected chi connectivity index (χ1v) is 6.81. The van der Waals surface area contributed by atoms with Crippen molar-refractivity contribution in [2.45, 2.75) is 43.5 Å². The fourth-order valence-electron chi connectivity index (χ4n) is 2.12. The quantitative estimate of drug-likeness (QED) is 0.711. The maximum Gasteiger partial charge on any atom is 0.323 e. The predicted molar refractivity (Wildman–Crippen MR) is 66.0 cm³/mol. The van der Waals surface area contributed by atoms with Crippen molar-refractivity contribution in [3.63, 3.8) is 0 Å². The van der Waals surface area contributed by atoms with Gasteiger partial charge in [0.1, 0.15) is 6.04 Å². The first kappa shape index (κ1) is 13.8. The lowest BCUT2D eigenvalue weighted by Crippen LogP contribution is -2.45. The molecule has 0 heterocycles. The summed E-state index contributed by atoms with van der Waals surface area (Å²) in [5, 5.41) is 12.8. The second-order valence-corrected chi connectivity index (χ2v) is 5.68. The highest BCUT2D eigenvalue weighted by Crippen LogP contribution is 2.29. The fraction of sp³-hybridized carbons (Fsp3) is 0.909. The van der Waals surface area contributed by atoms with E-state index in [0.29, 0.717) is 11.3 Å². The first-order valence-electron chi connectivity index (χ1n) is 5.76. The molecule has 1 rings (SSSR count). The van der Waals surface area contributed by atoms with Crippen molar-refractivity contribution >= 4 is 17.7 Å². The fourth-order valence-corrected chi connectivity index (χ4v) is 3.26. The van der Waals surface area contributed by atoms with E-state index in [1.54, 1.807) is 0 Å². The molecule has 94 valence electrons. The van der Waals surface area contributed by atoms with Gasteiger partial charge in [-0.15, -0.1) is 0 Å². The van der Waals surface area contributed by atoms with Gasteiger partial charge >= 0.3 is 5.97 Å². The van der Waals surface area contributed by atoms with Gasteiger partial charge in [0.2, 0.25) is 0 Å². The molecule has 0 aromatic carbocycles. The van der Waals surface area contributed by atoms with Crippen LogP contribution in [0.5, 0.6) is 0 Å². The van der Waals surface area contributed by atoms with E-state index >= 15 is 0 Å². The van der Waals surface area contributed by atoms with Crippen molar-refractivity contribution in [1.82, 2.24) is 5.32 Å². The van der Waals surface area contributed by atoms with Gasteiger partial charge in [-0.3, -0.25) is 10.1 Å². The maximum absolute atomic E-state index is 10.9. The molecule has 16 heavy (non-hydrogen) atoms. The van der Waals surface area contributed by atoms with Crippen LogP contribution < -0.4 is 5.32 Å². The smallest absolute Gasteiger partial charge is 0.323 e. The molecule has 2 N–H and O–H groups in total. The van der Waals surface area contributed by atoms with Crippen LogP contribution in [-0.2, 0) is 9.53 Å². The van der Waals surface area contributed by atoms with E-state index in [-0.39, 0.29) is 6.61 Å². The highest BCUT2D eigenvalue weighted by atomic mass is 32.2. The Morgan fingerprint density at radius 1 is 1.62 bits per heavy atom. The Morgan fingerprint density at radius 2 is 2.38 bits per heavy atom. The summed E-state index contributed by atoms with van der Waals surface area (Å²) >= 11 is 1.97. The second-order valence-electron chi connectivity index (χ2n) is 4.10. The standard InChI is InChI=1S/C11H21NO3S/c1-3-16-9-5-4-8(6-9)12-10(7-15-2)11(13)14/h8-10,12H,3-7H2,1-2H3,(H,13,14). The van der Waals surface area contributed by atoms with Crippen LogP contribution in [0, 0.1) is 0 Å². The largest absolute Gasteiger partial charge is 0.480 e. The van der Waals surface area contributed by atoms with Crippen LogP contribution in [0.1, 0.15) is 26.2 Å². The van der Waals surface area contributed by atoms with Crippen LogP contribution in [-0.4, -0.2) is 47.9 Å². The summed E-state index contributed by atoms with van der Waals surface area (Å²) in [4.78, 5) is 10.9. The molecule has 5 heteroatoms. The zero-order valence-corrected chi connectivity index (χ0v) is 10.8. The van der Waals surface area contributed by atoms with Gasteiger partial charge in [0.05, 0.1) is 6.61 Å². The van der Waals surface area contributed by atoms with Gasteiger partial charge in [-0.25, -0.2) is 0 Å².